The molecule has 2 aromatic rings. The molecule has 0 radical (unpaired) electrons. The van der Waals surface area contributed by atoms with E-state index in [-0.39, 0.29) is 10.9 Å². The summed E-state index contributed by atoms with van der Waals surface area (Å²) in [7, 11) is -4.37. The zero-order valence-corrected chi connectivity index (χ0v) is 13.2. The van der Waals surface area contributed by atoms with Crippen molar-refractivity contribution in [2.45, 2.75) is 32.5 Å². The minimum atomic E-state index is -4.55. The predicted molar refractivity (Wildman–Crippen MR) is 79.9 cm³/mol. The molecule has 2 rings (SSSR count). The average Bonchev–Trinajstić information content (AvgIpc) is 2.44. The Morgan fingerprint density at radius 1 is 1.35 bits per heavy atom. The Morgan fingerprint density at radius 2 is 2.00 bits per heavy atom. The molecule has 5 nitrogen and oxygen atoms in total. The zero-order chi connectivity index (χ0) is 17.4. The van der Waals surface area contributed by atoms with Gasteiger partial charge in [0, 0.05) is 5.52 Å². The fourth-order valence-electron chi connectivity index (χ4n) is 1.95. The minimum absolute atomic E-state index is 0.0721. The van der Waals surface area contributed by atoms with Gasteiger partial charge in [0.1, 0.15) is 5.30 Å². The molecule has 0 saturated heterocycles. The number of nitrogens with one attached hydrogen (secondary N) is 1. The van der Waals surface area contributed by atoms with Gasteiger partial charge in [-0.25, -0.2) is 0 Å². The minimum Gasteiger partial charge on any atom is -0.321 e. The third-order valence-corrected chi connectivity index (χ3v) is 4.94. The van der Waals surface area contributed by atoms with E-state index >= 15 is 0 Å². The lowest BCUT2D eigenvalue weighted by Gasteiger charge is -2.16. The zero-order valence-electron chi connectivity index (χ0n) is 12.3. The van der Waals surface area contributed by atoms with E-state index in [0.29, 0.717) is 6.42 Å². The Labute approximate surface area is 129 Å². The van der Waals surface area contributed by atoms with Gasteiger partial charge < -0.3 is 14.4 Å². The van der Waals surface area contributed by atoms with Crippen LogP contribution in [0.5, 0.6) is 0 Å². The first-order valence-electron chi connectivity index (χ1n) is 6.80. The highest BCUT2D eigenvalue weighted by molar-refractivity contribution is 7.61. The summed E-state index contributed by atoms with van der Waals surface area (Å²) in [6.45, 7) is 3.32. The maximum atomic E-state index is 12.7. The van der Waals surface area contributed by atoms with E-state index in [1.54, 1.807) is 13.8 Å². The van der Waals surface area contributed by atoms with Crippen LogP contribution in [0.15, 0.2) is 29.1 Å². The molecule has 0 aliphatic heterocycles. The van der Waals surface area contributed by atoms with Crippen molar-refractivity contribution < 1.29 is 27.2 Å². The molecule has 0 bridgehead atoms. The lowest BCUT2D eigenvalue weighted by Crippen LogP contribution is -2.29. The van der Waals surface area contributed by atoms with E-state index in [9.17, 15) is 27.4 Å². The molecule has 0 saturated carbocycles. The number of benzene rings is 1. The highest BCUT2D eigenvalue weighted by Gasteiger charge is 2.32. The van der Waals surface area contributed by atoms with Crippen LogP contribution in [0.4, 0.5) is 13.2 Å². The maximum absolute atomic E-state index is 12.7. The first-order chi connectivity index (χ1) is 10.5. The number of pyridine rings is 1. The molecule has 1 aromatic carbocycles. The summed E-state index contributed by atoms with van der Waals surface area (Å²) in [4.78, 5) is 24.1. The molecule has 1 heterocycles. The molecule has 2 N–H and O–H groups in total. The molecule has 1 aromatic heterocycles. The van der Waals surface area contributed by atoms with E-state index in [4.69, 9.17) is 4.52 Å². The summed E-state index contributed by atoms with van der Waals surface area (Å²) in [6, 6.07) is 3.82. The molecule has 9 heteroatoms. The molecule has 2 unspecified atom stereocenters. The van der Waals surface area contributed by atoms with Crippen molar-refractivity contribution in [3.05, 3.63) is 40.2 Å². The summed E-state index contributed by atoms with van der Waals surface area (Å²) < 4.78 is 55.2. The van der Waals surface area contributed by atoms with E-state index < -0.39 is 36.3 Å². The third-order valence-electron chi connectivity index (χ3n) is 3.36. The van der Waals surface area contributed by atoms with Gasteiger partial charge in [-0.3, -0.25) is 9.36 Å². The van der Waals surface area contributed by atoms with E-state index in [0.717, 1.165) is 24.3 Å². The van der Waals surface area contributed by atoms with Crippen molar-refractivity contribution in [1.29, 1.82) is 0 Å². The number of aromatic nitrogens is 1. The summed E-state index contributed by atoms with van der Waals surface area (Å²) in [5.74, 6) is 0. The van der Waals surface area contributed by atoms with Crippen LogP contribution in [0.25, 0.3) is 10.9 Å². The molecule has 2 atom stereocenters. The van der Waals surface area contributed by atoms with Gasteiger partial charge in [0.25, 0.3) is 5.56 Å². The smallest absolute Gasteiger partial charge is 0.321 e. The number of halogens is 3. The fraction of sp³-hybridized carbons (Fsp3) is 0.357. The normalized spacial score (nSPS) is 16.3. The summed E-state index contributed by atoms with van der Waals surface area (Å²) >= 11 is 0. The molecule has 0 aliphatic rings. The van der Waals surface area contributed by atoms with E-state index in [1.165, 1.54) is 0 Å². The van der Waals surface area contributed by atoms with Gasteiger partial charge in [0.2, 0.25) is 0 Å². The van der Waals surface area contributed by atoms with Crippen LogP contribution < -0.4 is 10.9 Å². The van der Waals surface area contributed by atoms with Crippen molar-refractivity contribution in [2.75, 3.05) is 0 Å². The highest BCUT2D eigenvalue weighted by atomic mass is 31.2. The number of alkyl halides is 3. The van der Waals surface area contributed by atoms with Crippen LogP contribution in [-0.2, 0) is 15.3 Å². The molecule has 126 valence electrons. The number of hydrogen-bond donors (Lipinski definition) is 2. The molecule has 0 fully saturated rings. The third kappa shape index (κ3) is 3.83. The van der Waals surface area contributed by atoms with Gasteiger partial charge in [0.15, 0.2) is 0 Å². The first-order valence-corrected chi connectivity index (χ1v) is 8.38. The van der Waals surface area contributed by atoms with Crippen molar-refractivity contribution in [3.8, 4) is 0 Å². The molecular formula is C14H15F3NO4P. The van der Waals surface area contributed by atoms with Crippen molar-refractivity contribution in [1.82, 2.24) is 4.98 Å². The second-order valence-electron chi connectivity index (χ2n) is 5.13. The van der Waals surface area contributed by atoms with E-state index in [1.807, 2.05) is 0 Å². The van der Waals surface area contributed by atoms with Gasteiger partial charge in [-0.1, -0.05) is 13.0 Å². The summed E-state index contributed by atoms with van der Waals surface area (Å²) in [5, 5.41) is -0.292. The Hall–Kier alpha value is -1.63. The van der Waals surface area contributed by atoms with Crippen molar-refractivity contribution in [3.63, 3.8) is 0 Å². The fourth-order valence-corrected chi connectivity index (χ4v) is 3.32. The second-order valence-corrected chi connectivity index (χ2v) is 6.86. The Kier molecular flexibility index (Phi) is 4.71. The monoisotopic (exact) mass is 349 g/mol. The number of fused-ring (bicyclic) bond motifs is 1. The van der Waals surface area contributed by atoms with Gasteiger partial charge in [-0.15, -0.1) is 0 Å². The van der Waals surface area contributed by atoms with Gasteiger partial charge in [-0.05, 0) is 36.9 Å². The Bertz CT molecular complexity index is 831. The quantitative estimate of drug-likeness (QED) is 0.831. The number of rotatable bonds is 4. The van der Waals surface area contributed by atoms with Gasteiger partial charge >= 0.3 is 13.8 Å². The van der Waals surface area contributed by atoms with Gasteiger partial charge in [-0.2, -0.15) is 13.2 Å². The number of aromatic amines is 1. The van der Waals surface area contributed by atoms with Crippen LogP contribution >= 0.6 is 7.60 Å². The summed E-state index contributed by atoms with van der Waals surface area (Å²) in [6.07, 6.45) is -4.63. The topological polar surface area (TPSA) is 79.4 Å². The lowest BCUT2D eigenvalue weighted by atomic mass is 10.1. The Morgan fingerprint density at radius 3 is 2.57 bits per heavy atom. The van der Waals surface area contributed by atoms with E-state index in [2.05, 4.69) is 4.98 Å². The van der Waals surface area contributed by atoms with Crippen LogP contribution in [0.1, 0.15) is 25.8 Å². The highest BCUT2D eigenvalue weighted by Crippen LogP contribution is 2.42. The first kappa shape index (κ1) is 17.7. The Balaban J connectivity index is 2.55. The SMILES string of the molecule is CCC(C)OP(=O)(O)c1cc2ccc(C(F)(F)F)cc2[nH]c1=O. The van der Waals surface area contributed by atoms with Crippen molar-refractivity contribution in [2.24, 2.45) is 0 Å². The predicted octanol–water partition coefficient (Wildman–Crippen LogP) is 3.17. The molecule has 0 amide bonds. The molecular weight excluding hydrogens is 334 g/mol. The average molecular weight is 349 g/mol. The van der Waals surface area contributed by atoms with Crippen LogP contribution in [0, 0.1) is 0 Å². The molecule has 0 spiro atoms. The number of hydrogen-bond acceptors (Lipinski definition) is 3. The van der Waals surface area contributed by atoms with Crippen LogP contribution in [0.3, 0.4) is 0 Å². The standard InChI is InChI=1S/C14H15F3NO4P/c1-3-8(2)22-23(20,21)12-6-9-4-5-10(14(15,16)17)7-11(9)18-13(12)19/h4-8H,3H2,1-2H3,(H,18,19)(H,20,21). The largest absolute Gasteiger partial charge is 0.416 e. The second kappa shape index (κ2) is 6.11. The molecule has 0 aliphatic carbocycles. The summed E-state index contributed by atoms with van der Waals surface area (Å²) in [5.41, 5.74) is -1.94. The maximum Gasteiger partial charge on any atom is 0.416 e. The lowest BCUT2D eigenvalue weighted by molar-refractivity contribution is -0.137. The van der Waals surface area contributed by atoms with Gasteiger partial charge in [0.05, 0.1) is 11.7 Å². The molecule has 23 heavy (non-hydrogen) atoms. The van der Waals surface area contributed by atoms with Crippen LogP contribution in [0.2, 0.25) is 0 Å². The number of H-pyrrole nitrogens is 1. The van der Waals surface area contributed by atoms with Crippen molar-refractivity contribution >= 4 is 23.8 Å². The van der Waals surface area contributed by atoms with Crippen LogP contribution in [-0.4, -0.2) is 16.0 Å².